The van der Waals surface area contributed by atoms with E-state index in [2.05, 4.69) is 31.2 Å². The van der Waals surface area contributed by atoms with Crippen LogP contribution in [0.1, 0.15) is 11.3 Å². The van der Waals surface area contributed by atoms with E-state index < -0.39 is 6.09 Å². The first-order valence-corrected chi connectivity index (χ1v) is 6.94. The summed E-state index contributed by atoms with van der Waals surface area (Å²) in [5.74, 6) is 0. The number of rotatable bonds is 5. The average Bonchev–Trinajstić information content (AvgIpc) is 2.46. The molecule has 0 saturated heterocycles. The minimum Gasteiger partial charge on any atom is -0.445 e. The first-order chi connectivity index (χ1) is 9.74. The van der Waals surface area contributed by atoms with Crippen LogP contribution >= 0.6 is 15.9 Å². The van der Waals surface area contributed by atoms with Gasteiger partial charge in [0.15, 0.2) is 0 Å². The highest BCUT2D eigenvalue weighted by Gasteiger charge is 2.03. The highest BCUT2D eigenvalue weighted by molar-refractivity contribution is 9.10. The zero-order valence-corrected chi connectivity index (χ0v) is 12.3. The molecule has 0 aliphatic heterocycles. The molecule has 0 radical (unpaired) electrons. The van der Waals surface area contributed by atoms with Crippen LogP contribution < -0.4 is 5.32 Å². The molecule has 0 fully saturated rings. The number of halogens is 1. The average molecular weight is 336 g/mol. The Morgan fingerprint density at radius 3 is 2.80 bits per heavy atom. The predicted molar refractivity (Wildman–Crippen MR) is 78.1 cm³/mol. The number of nitrogens with zero attached hydrogens (tertiary/aromatic N) is 2. The van der Waals surface area contributed by atoms with Crippen LogP contribution in [0.2, 0.25) is 0 Å². The van der Waals surface area contributed by atoms with Crippen LogP contribution in [0.5, 0.6) is 0 Å². The van der Waals surface area contributed by atoms with Crippen LogP contribution in [0.3, 0.4) is 0 Å². The Morgan fingerprint density at radius 2 is 2.05 bits per heavy atom. The fourth-order valence-corrected chi connectivity index (χ4v) is 1.93. The van der Waals surface area contributed by atoms with E-state index in [0.29, 0.717) is 13.0 Å². The van der Waals surface area contributed by atoms with E-state index in [1.165, 1.54) is 6.33 Å². The summed E-state index contributed by atoms with van der Waals surface area (Å²) < 4.78 is 5.83. The molecule has 0 spiro atoms. The molecule has 0 unspecified atom stereocenters. The molecule has 2 rings (SSSR count). The molecule has 6 heteroatoms. The van der Waals surface area contributed by atoms with Gasteiger partial charge in [-0.1, -0.05) is 30.3 Å². The third-order valence-electron chi connectivity index (χ3n) is 2.55. The number of hydrogen-bond acceptors (Lipinski definition) is 4. The third kappa shape index (κ3) is 4.97. The maximum atomic E-state index is 11.5. The molecule has 1 heterocycles. The summed E-state index contributed by atoms with van der Waals surface area (Å²) in [7, 11) is 0. The summed E-state index contributed by atoms with van der Waals surface area (Å²) in [5.41, 5.74) is 1.82. The van der Waals surface area contributed by atoms with Gasteiger partial charge in [0, 0.05) is 18.7 Å². The standard InChI is InChI=1S/C14H14BrN3O2/c15-13-8-12(17-10-18-13)6-7-16-14(19)20-9-11-4-2-1-3-5-11/h1-5,8,10H,6-7,9H2,(H,16,19). The van der Waals surface area contributed by atoms with E-state index >= 15 is 0 Å². The zero-order valence-electron chi connectivity index (χ0n) is 10.8. The summed E-state index contributed by atoms with van der Waals surface area (Å²) in [5, 5.41) is 2.68. The largest absolute Gasteiger partial charge is 0.445 e. The van der Waals surface area contributed by atoms with E-state index in [1.807, 2.05) is 36.4 Å². The molecule has 1 amide bonds. The van der Waals surface area contributed by atoms with Gasteiger partial charge in [-0.15, -0.1) is 0 Å². The molecule has 0 saturated carbocycles. The Morgan fingerprint density at radius 1 is 1.25 bits per heavy atom. The quantitative estimate of drug-likeness (QED) is 0.853. The molecule has 2 aromatic rings. The van der Waals surface area contributed by atoms with Crippen molar-refractivity contribution >= 4 is 22.0 Å². The molecule has 0 aliphatic carbocycles. The number of alkyl carbamates (subject to hydrolysis) is 1. The van der Waals surface area contributed by atoms with Gasteiger partial charge in [0.1, 0.15) is 17.5 Å². The molecule has 1 N–H and O–H groups in total. The molecule has 0 aliphatic rings. The summed E-state index contributed by atoms with van der Waals surface area (Å²) in [6, 6.07) is 11.4. The van der Waals surface area contributed by atoms with Crippen LogP contribution in [0, 0.1) is 0 Å². The molecule has 1 aromatic heterocycles. The normalized spacial score (nSPS) is 10.1. The van der Waals surface area contributed by atoms with Crippen molar-refractivity contribution in [2.45, 2.75) is 13.0 Å². The second-order valence-corrected chi connectivity index (χ2v) is 4.88. The molecule has 20 heavy (non-hydrogen) atoms. The van der Waals surface area contributed by atoms with Gasteiger partial charge in [0.05, 0.1) is 0 Å². The lowest BCUT2D eigenvalue weighted by Crippen LogP contribution is -2.26. The first-order valence-electron chi connectivity index (χ1n) is 6.15. The predicted octanol–water partition coefficient (Wildman–Crippen LogP) is 2.71. The van der Waals surface area contributed by atoms with Crippen LogP contribution in [0.4, 0.5) is 4.79 Å². The van der Waals surface area contributed by atoms with E-state index in [4.69, 9.17) is 4.74 Å². The Kier molecular flexibility index (Phi) is 5.49. The van der Waals surface area contributed by atoms with Gasteiger partial charge in [-0.3, -0.25) is 0 Å². The van der Waals surface area contributed by atoms with E-state index in [-0.39, 0.29) is 6.61 Å². The molecular formula is C14H14BrN3O2. The summed E-state index contributed by atoms with van der Waals surface area (Å²) in [4.78, 5) is 19.5. The molecule has 1 aromatic carbocycles. The highest BCUT2D eigenvalue weighted by atomic mass is 79.9. The third-order valence-corrected chi connectivity index (χ3v) is 2.99. The molecule has 0 atom stereocenters. The van der Waals surface area contributed by atoms with E-state index in [0.717, 1.165) is 15.9 Å². The van der Waals surface area contributed by atoms with E-state index in [1.54, 1.807) is 0 Å². The number of benzene rings is 1. The second kappa shape index (κ2) is 7.59. The van der Waals surface area contributed by atoms with Gasteiger partial charge in [-0.2, -0.15) is 0 Å². The SMILES string of the molecule is O=C(NCCc1cc(Br)ncn1)OCc1ccccc1. The zero-order chi connectivity index (χ0) is 14.2. The van der Waals surface area contributed by atoms with Gasteiger partial charge in [-0.25, -0.2) is 14.8 Å². The fraction of sp³-hybridized carbons (Fsp3) is 0.214. The lowest BCUT2D eigenvalue weighted by Gasteiger charge is -2.06. The van der Waals surface area contributed by atoms with Crippen molar-refractivity contribution < 1.29 is 9.53 Å². The molecule has 5 nitrogen and oxygen atoms in total. The van der Waals surface area contributed by atoms with Crippen molar-refractivity contribution in [3.63, 3.8) is 0 Å². The van der Waals surface area contributed by atoms with Gasteiger partial charge in [0.2, 0.25) is 0 Å². The Bertz CT molecular complexity index is 563. The van der Waals surface area contributed by atoms with Gasteiger partial charge in [0.25, 0.3) is 0 Å². The number of aromatic nitrogens is 2. The number of carbonyl (C=O) groups is 1. The minimum absolute atomic E-state index is 0.270. The lowest BCUT2D eigenvalue weighted by atomic mass is 10.2. The molecular weight excluding hydrogens is 322 g/mol. The Labute approximate surface area is 125 Å². The second-order valence-electron chi connectivity index (χ2n) is 4.07. The summed E-state index contributed by atoms with van der Waals surface area (Å²) >= 11 is 3.27. The van der Waals surface area contributed by atoms with Crippen LogP contribution in [0.15, 0.2) is 47.3 Å². The van der Waals surface area contributed by atoms with Crippen molar-refractivity contribution in [2.75, 3.05) is 6.54 Å². The van der Waals surface area contributed by atoms with Crippen molar-refractivity contribution in [3.05, 3.63) is 58.6 Å². The molecule has 104 valence electrons. The lowest BCUT2D eigenvalue weighted by molar-refractivity contribution is 0.140. The number of nitrogens with one attached hydrogen (secondary N) is 1. The summed E-state index contributed by atoms with van der Waals surface area (Å²) in [6.45, 7) is 0.739. The van der Waals surface area contributed by atoms with Crippen LogP contribution in [-0.4, -0.2) is 22.6 Å². The first kappa shape index (κ1) is 14.5. The number of ether oxygens (including phenoxy) is 1. The Hall–Kier alpha value is -1.95. The van der Waals surface area contributed by atoms with Crippen molar-refractivity contribution in [1.82, 2.24) is 15.3 Å². The summed E-state index contributed by atoms with van der Waals surface area (Å²) in [6.07, 6.45) is 1.68. The maximum absolute atomic E-state index is 11.5. The van der Waals surface area contributed by atoms with Crippen LogP contribution in [0.25, 0.3) is 0 Å². The van der Waals surface area contributed by atoms with Gasteiger partial charge in [-0.05, 0) is 27.6 Å². The monoisotopic (exact) mass is 335 g/mol. The number of carbonyl (C=O) groups excluding carboxylic acids is 1. The fourth-order valence-electron chi connectivity index (χ4n) is 1.57. The topological polar surface area (TPSA) is 64.1 Å². The Balaban J connectivity index is 1.68. The van der Waals surface area contributed by atoms with Crippen molar-refractivity contribution in [1.29, 1.82) is 0 Å². The van der Waals surface area contributed by atoms with Gasteiger partial charge < -0.3 is 10.1 Å². The minimum atomic E-state index is -0.429. The highest BCUT2D eigenvalue weighted by Crippen LogP contribution is 2.05. The number of amides is 1. The van der Waals surface area contributed by atoms with Crippen molar-refractivity contribution in [2.24, 2.45) is 0 Å². The molecule has 0 bridgehead atoms. The van der Waals surface area contributed by atoms with E-state index in [9.17, 15) is 4.79 Å². The van der Waals surface area contributed by atoms with Crippen LogP contribution in [-0.2, 0) is 17.8 Å². The van der Waals surface area contributed by atoms with Crippen molar-refractivity contribution in [3.8, 4) is 0 Å². The smallest absolute Gasteiger partial charge is 0.407 e. The maximum Gasteiger partial charge on any atom is 0.407 e. The van der Waals surface area contributed by atoms with Gasteiger partial charge >= 0.3 is 6.09 Å². The number of hydrogen-bond donors (Lipinski definition) is 1.